The first-order chi connectivity index (χ1) is 13.6. The van der Waals surface area contributed by atoms with E-state index in [-0.39, 0.29) is 11.9 Å². The molecule has 146 valence electrons. The summed E-state index contributed by atoms with van der Waals surface area (Å²) in [5, 5.41) is 12.7. The molecule has 3 aromatic rings. The summed E-state index contributed by atoms with van der Waals surface area (Å²) >= 11 is 0. The van der Waals surface area contributed by atoms with Crippen LogP contribution in [0.1, 0.15) is 49.0 Å². The Hall–Kier alpha value is -3.03. The first-order valence-electron chi connectivity index (χ1n) is 9.67. The van der Waals surface area contributed by atoms with Gasteiger partial charge in [0.25, 0.3) is 5.89 Å². The van der Waals surface area contributed by atoms with Crippen molar-refractivity contribution >= 4 is 5.91 Å². The molecule has 1 amide bonds. The fourth-order valence-electron chi connectivity index (χ4n) is 3.71. The number of hydrogen-bond donors (Lipinski definition) is 0. The number of carbonyl (C=O) groups is 1. The first kappa shape index (κ1) is 18.3. The molecule has 0 saturated carbocycles. The second-order valence-electron chi connectivity index (χ2n) is 7.16. The van der Waals surface area contributed by atoms with Gasteiger partial charge in [-0.15, -0.1) is 10.2 Å². The average molecular weight is 380 g/mol. The van der Waals surface area contributed by atoms with Crippen molar-refractivity contribution in [1.82, 2.24) is 29.9 Å². The molecular formula is C20H24N6O2. The molecule has 0 aromatic carbocycles. The molecule has 0 N–H and O–H groups in total. The Bertz CT molecular complexity index is 949. The van der Waals surface area contributed by atoms with Gasteiger partial charge in [-0.3, -0.25) is 14.5 Å². The molecule has 4 heterocycles. The number of amides is 1. The van der Waals surface area contributed by atoms with Crippen molar-refractivity contribution in [3.63, 3.8) is 0 Å². The minimum Gasteiger partial charge on any atom is -0.417 e. The molecule has 4 rings (SSSR count). The van der Waals surface area contributed by atoms with Gasteiger partial charge in [0.05, 0.1) is 5.69 Å². The van der Waals surface area contributed by atoms with Crippen LogP contribution in [-0.4, -0.2) is 42.3 Å². The van der Waals surface area contributed by atoms with E-state index in [4.69, 9.17) is 4.42 Å². The van der Waals surface area contributed by atoms with Crippen LogP contribution in [-0.2, 0) is 11.3 Å². The fraction of sp³-hybridized carbons (Fsp3) is 0.450. The Labute approximate surface area is 163 Å². The lowest BCUT2D eigenvalue weighted by Crippen LogP contribution is -2.30. The Morgan fingerprint density at radius 3 is 2.93 bits per heavy atom. The largest absolute Gasteiger partial charge is 0.417 e. The van der Waals surface area contributed by atoms with E-state index in [1.165, 1.54) is 0 Å². The van der Waals surface area contributed by atoms with Gasteiger partial charge in [-0.1, -0.05) is 6.07 Å². The summed E-state index contributed by atoms with van der Waals surface area (Å²) < 4.78 is 7.79. The van der Waals surface area contributed by atoms with Gasteiger partial charge >= 0.3 is 0 Å². The molecule has 8 heteroatoms. The van der Waals surface area contributed by atoms with Crippen molar-refractivity contribution in [1.29, 1.82) is 0 Å². The molecule has 1 saturated heterocycles. The molecule has 8 nitrogen and oxygen atoms in total. The van der Waals surface area contributed by atoms with Gasteiger partial charge in [-0.25, -0.2) is 0 Å². The standard InChI is InChI=1S/C20H24N6O2/c1-14-13-15(2)26(24-14)12-6-9-18(27)25-11-5-8-17(25)20-23-22-19(28-20)16-7-3-4-10-21-16/h3-4,7,10,13,17H,5-6,8-9,11-12H2,1-2H3. The monoisotopic (exact) mass is 380 g/mol. The van der Waals surface area contributed by atoms with Crippen molar-refractivity contribution in [2.75, 3.05) is 6.54 Å². The van der Waals surface area contributed by atoms with E-state index in [2.05, 4.69) is 20.3 Å². The highest BCUT2D eigenvalue weighted by Crippen LogP contribution is 2.33. The summed E-state index contributed by atoms with van der Waals surface area (Å²) in [6, 6.07) is 7.44. The van der Waals surface area contributed by atoms with Crippen LogP contribution >= 0.6 is 0 Å². The molecule has 1 unspecified atom stereocenters. The van der Waals surface area contributed by atoms with E-state index < -0.39 is 0 Å². The maximum absolute atomic E-state index is 12.8. The van der Waals surface area contributed by atoms with Crippen molar-refractivity contribution in [2.24, 2.45) is 0 Å². The summed E-state index contributed by atoms with van der Waals surface area (Å²) in [4.78, 5) is 18.9. The second-order valence-corrected chi connectivity index (χ2v) is 7.16. The molecule has 1 aliphatic rings. The third kappa shape index (κ3) is 3.81. The third-order valence-corrected chi connectivity index (χ3v) is 5.05. The SMILES string of the molecule is Cc1cc(C)n(CCCC(=O)N2CCCC2c2nnc(-c3ccccn3)o2)n1. The maximum Gasteiger partial charge on any atom is 0.266 e. The molecule has 1 fully saturated rings. The molecule has 28 heavy (non-hydrogen) atoms. The smallest absolute Gasteiger partial charge is 0.266 e. The first-order valence-corrected chi connectivity index (χ1v) is 9.67. The topological polar surface area (TPSA) is 89.9 Å². The van der Waals surface area contributed by atoms with E-state index in [0.717, 1.165) is 43.7 Å². The minimum atomic E-state index is -0.147. The second kappa shape index (κ2) is 7.92. The fourth-order valence-corrected chi connectivity index (χ4v) is 3.71. The predicted molar refractivity (Wildman–Crippen MR) is 102 cm³/mol. The Balaban J connectivity index is 1.38. The van der Waals surface area contributed by atoms with Crippen LogP contribution in [0, 0.1) is 13.8 Å². The highest BCUT2D eigenvalue weighted by molar-refractivity contribution is 5.76. The number of aryl methyl sites for hydroxylation is 3. The maximum atomic E-state index is 12.8. The zero-order valence-electron chi connectivity index (χ0n) is 16.2. The zero-order valence-corrected chi connectivity index (χ0v) is 16.2. The van der Waals surface area contributed by atoms with Crippen molar-refractivity contribution in [3.8, 4) is 11.6 Å². The highest BCUT2D eigenvalue weighted by atomic mass is 16.4. The number of carbonyl (C=O) groups excluding carboxylic acids is 1. The zero-order chi connectivity index (χ0) is 19.5. The molecule has 0 aliphatic carbocycles. The van der Waals surface area contributed by atoms with Crippen LogP contribution < -0.4 is 0 Å². The lowest BCUT2D eigenvalue weighted by molar-refractivity contribution is -0.132. The van der Waals surface area contributed by atoms with Crippen molar-refractivity contribution in [2.45, 2.75) is 52.1 Å². The molecule has 0 bridgehead atoms. The van der Waals surface area contributed by atoms with Crippen molar-refractivity contribution in [3.05, 3.63) is 47.7 Å². The van der Waals surface area contributed by atoms with Crippen LogP contribution in [0.2, 0.25) is 0 Å². The number of pyridine rings is 1. The number of hydrogen-bond acceptors (Lipinski definition) is 6. The summed E-state index contributed by atoms with van der Waals surface area (Å²) in [5.74, 6) is 1.01. The third-order valence-electron chi connectivity index (χ3n) is 5.05. The summed E-state index contributed by atoms with van der Waals surface area (Å²) in [6.45, 7) is 5.49. The number of nitrogens with zero attached hydrogens (tertiary/aromatic N) is 6. The average Bonchev–Trinajstić information content (AvgIpc) is 3.42. The van der Waals surface area contributed by atoms with Gasteiger partial charge in [-0.05, 0) is 51.3 Å². The van der Waals surface area contributed by atoms with E-state index in [1.807, 2.05) is 47.7 Å². The lowest BCUT2D eigenvalue weighted by Gasteiger charge is -2.22. The predicted octanol–water partition coefficient (Wildman–Crippen LogP) is 3.09. The Kier molecular flexibility index (Phi) is 5.18. The Morgan fingerprint density at radius 1 is 1.29 bits per heavy atom. The minimum absolute atomic E-state index is 0.126. The van der Waals surface area contributed by atoms with Crippen LogP contribution in [0.4, 0.5) is 0 Å². The van der Waals surface area contributed by atoms with Gasteiger partial charge in [0.1, 0.15) is 11.7 Å². The van der Waals surface area contributed by atoms with Gasteiger partial charge in [0.2, 0.25) is 11.8 Å². The quantitative estimate of drug-likeness (QED) is 0.653. The highest BCUT2D eigenvalue weighted by Gasteiger charge is 2.33. The molecule has 3 aromatic heterocycles. The number of likely N-dealkylation sites (tertiary alicyclic amines) is 1. The van der Waals surface area contributed by atoms with Crippen LogP contribution in [0.5, 0.6) is 0 Å². The summed E-state index contributed by atoms with van der Waals surface area (Å²) in [7, 11) is 0. The molecule has 0 radical (unpaired) electrons. The van der Waals surface area contributed by atoms with Crippen LogP contribution in [0.15, 0.2) is 34.9 Å². The Morgan fingerprint density at radius 2 is 2.18 bits per heavy atom. The molecule has 1 aliphatic heterocycles. The van der Waals surface area contributed by atoms with E-state index in [1.54, 1.807) is 6.20 Å². The van der Waals surface area contributed by atoms with E-state index >= 15 is 0 Å². The van der Waals surface area contributed by atoms with Crippen LogP contribution in [0.3, 0.4) is 0 Å². The van der Waals surface area contributed by atoms with Crippen LogP contribution in [0.25, 0.3) is 11.6 Å². The molecule has 0 spiro atoms. The van der Waals surface area contributed by atoms with Gasteiger partial charge in [-0.2, -0.15) is 5.10 Å². The summed E-state index contributed by atoms with van der Waals surface area (Å²) in [6.07, 6.45) is 4.71. The van der Waals surface area contributed by atoms with Gasteiger partial charge in [0, 0.05) is 31.4 Å². The van der Waals surface area contributed by atoms with Gasteiger partial charge in [0.15, 0.2) is 0 Å². The summed E-state index contributed by atoms with van der Waals surface area (Å²) in [5.41, 5.74) is 2.77. The number of rotatable bonds is 6. The van der Waals surface area contributed by atoms with Gasteiger partial charge < -0.3 is 9.32 Å². The molecule has 1 atom stereocenters. The number of aromatic nitrogens is 5. The molecular weight excluding hydrogens is 356 g/mol. The van der Waals surface area contributed by atoms with E-state index in [9.17, 15) is 4.79 Å². The van der Waals surface area contributed by atoms with Crippen molar-refractivity contribution < 1.29 is 9.21 Å². The normalized spacial score (nSPS) is 16.6. The van der Waals surface area contributed by atoms with E-state index in [0.29, 0.717) is 23.9 Å². The lowest BCUT2D eigenvalue weighted by atomic mass is 10.2.